The molecule has 0 unspecified atom stereocenters. The van der Waals surface area contributed by atoms with Gasteiger partial charge in [0.25, 0.3) is 0 Å². The highest BCUT2D eigenvalue weighted by Gasteiger charge is 2.03. The van der Waals surface area contributed by atoms with Crippen LogP contribution >= 0.6 is 0 Å². The zero-order valence-electron chi connectivity index (χ0n) is 8.79. The van der Waals surface area contributed by atoms with E-state index >= 15 is 0 Å². The minimum atomic E-state index is 0.177. The van der Waals surface area contributed by atoms with Crippen molar-refractivity contribution in [1.29, 1.82) is 0 Å². The summed E-state index contributed by atoms with van der Waals surface area (Å²) in [5.74, 6) is 0.177. The van der Waals surface area contributed by atoms with E-state index < -0.39 is 0 Å². The second-order valence-corrected chi connectivity index (χ2v) is 3.36. The van der Waals surface area contributed by atoms with Gasteiger partial charge in [-0.15, -0.1) is 0 Å². The van der Waals surface area contributed by atoms with Gasteiger partial charge in [-0.1, -0.05) is 43.3 Å². The van der Waals surface area contributed by atoms with Gasteiger partial charge in [-0.3, -0.25) is 4.79 Å². The van der Waals surface area contributed by atoms with Gasteiger partial charge in [-0.2, -0.15) is 0 Å². The third-order valence-electron chi connectivity index (χ3n) is 2.14. The Morgan fingerprint density at radius 2 is 1.93 bits per heavy atom. The molecule has 0 spiro atoms. The van der Waals surface area contributed by atoms with Crippen LogP contribution in [0.5, 0.6) is 0 Å². The summed E-state index contributed by atoms with van der Waals surface area (Å²) in [6.45, 7) is 3.68. The molecule has 0 aliphatic carbocycles. The van der Waals surface area contributed by atoms with Crippen molar-refractivity contribution in [3.05, 3.63) is 47.5 Å². The summed E-state index contributed by atoms with van der Waals surface area (Å²) in [4.78, 5) is 11.3. The second-order valence-electron chi connectivity index (χ2n) is 3.36. The number of benzene rings is 1. The van der Waals surface area contributed by atoms with E-state index in [1.165, 1.54) is 5.56 Å². The smallest absolute Gasteiger partial charge is 0.155 e. The van der Waals surface area contributed by atoms with Crippen LogP contribution in [0.2, 0.25) is 0 Å². The summed E-state index contributed by atoms with van der Waals surface area (Å²) < 4.78 is 0. The molecule has 0 N–H and O–H groups in total. The van der Waals surface area contributed by atoms with Crippen LogP contribution in [0.1, 0.15) is 25.8 Å². The molecule has 1 rings (SSSR count). The first-order valence-corrected chi connectivity index (χ1v) is 4.98. The Morgan fingerprint density at radius 1 is 1.29 bits per heavy atom. The predicted octanol–water partition coefficient (Wildman–Crippen LogP) is 3.15. The van der Waals surface area contributed by atoms with E-state index in [1.54, 1.807) is 6.92 Å². The normalized spacial score (nSPS) is 11.4. The van der Waals surface area contributed by atoms with E-state index in [1.807, 2.05) is 43.3 Å². The number of ketones is 1. The molecule has 0 saturated heterocycles. The van der Waals surface area contributed by atoms with Crippen molar-refractivity contribution in [2.45, 2.75) is 26.7 Å². The summed E-state index contributed by atoms with van der Waals surface area (Å²) >= 11 is 0. The van der Waals surface area contributed by atoms with E-state index in [0.717, 1.165) is 18.4 Å². The maximum absolute atomic E-state index is 11.3. The van der Waals surface area contributed by atoms with Crippen LogP contribution in [0, 0.1) is 0 Å². The van der Waals surface area contributed by atoms with E-state index in [2.05, 4.69) is 0 Å². The lowest BCUT2D eigenvalue weighted by Crippen LogP contribution is -2.00. The second kappa shape index (κ2) is 5.38. The fourth-order valence-corrected chi connectivity index (χ4v) is 1.40. The van der Waals surface area contributed by atoms with Crippen molar-refractivity contribution >= 4 is 5.78 Å². The first-order valence-electron chi connectivity index (χ1n) is 4.98. The molecule has 74 valence electrons. The van der Waals surface area contributed by atoms with E-state index in [0.29, 0.717) is 0 Å². The predicted molar refractivity (Wildman–Crippen MR) is 59.2 cm³/mol. The third kappa shape index (κ3) is 3.17. The Morgan fingerprint density at radius 3 is 2.43 bits per heavy atom. The Labute approximate surface area is 85.5 Å². The van der Waals surface area contributed by atoms with Gasteiger partial charge in [0.15, 0.2) is 5.78 Å². The molecule has 0 fully saturated rings. The highest BCUT2D eigenvalue weighted by atomic mass is 16.1. The number of Topliss-reactive ketones (excluding diaryl/α,β-unsaturated/α-hetero) is 1. The zero-order chi connectivity index (χ0) is 10.4. The minimum Gasteiger partial charge on any atom is -0.295 e. The largest absolute Gasteiger partial charge is 0.295 e. The lowest BCUT2D eigenvalue weighted by atomic mass is 10.0. The van der Waals surface area contributed by atoms with Crippen molar-refractivity contribution in [3.8, 4) is 0 Å². The fourth-order valence-electron chi connectivity index (χ4n) is 1.40. The first kappa shape index (κ1) is 10.7. The molecule has 1 aromatic carbocycles. The maximum Gasteiger partial charge on any atom is 0.155 e. The highest BCUT2D eigenvalue weighted by molar-refractivity contribution is 5.93. The molecule has 0 aliphatic heterocycles. The number of rotatable bonds is 4. The number of allylic oxidation sites excluding steroid dienone is 2. The average molecular weight is 188 g/mol. The summed E-state index contributed by atoms with van der Waals surface area (Å²) in [6.07, 6.45) is 3.68. The van der Waals surface area contributed by atoms with Crippen molar-refractivity contribution in [2.24, 2.45) is 0 Å². The van der Waals surface area contributed by atoms with Crippen LogP contribution in [0.4, 0.5) is 0 Å². The molecule has 0 aliphatic rings. The molecule has 0 radical (unpaired) electrons. The standard InChI is InChI=1S/C13H16O/c1-3-7-13(11(2)14)10-12-8-5-4-6-9-12/h4-9H,3,10H2,1-2H3. The number of carbonyl (C=O) groups excluding carboxylic acids is 1. The molecule has 14 heavy (non-hydrogen) atoms. The Hall–Kier alpha value is -1.37. The molecule has 0 amide bonds. The van der Waals surface area contributed by atoms with Crippen LogP contribution in [0.3, 0.4) is 0 Å². The van der Waals surface area contributed by atoms with E-state index in [-0.39, 0.29) is 5.78 Å². The lowest BCUT2D eigenvalue weighted by Gasteiger charge is -2.03. The molecule has 1 heteroatoms. The van der Waals surface area contributed by atoms with Crippen LogP contribution in [0.15, 0.2) is 42.0 Å². The monoisotopic (exact) mass is 188 g/mol. The third-order valence-corrected chi connectivity index (χ3v) is 2.14. The molecule has 0 atom stereocenters. The van der Waals surface area contributed by atoms with Gasteiger partial charge >= 0.3 is 0 Å². The summed E-state index contributed by atoms with van der Waals surface area (Å²) in [5, 5.41) is 0. The topological polar surface area (TPSA) is 17.1 Å². The molecule has 0 saturated carbocycles. The van der Waals surface area contributed by atoms with E-state index in [9.17, 15) is 4.79 Å². The lowest BCUT2D eigenvalue weighted by molar-refractivity contribution is -0.113. The Kier molecular flexibility index (Phi) is 4.11. The molecule has 1 aromatic rings. The molecule has 1 nitrogen and oxygen atoms in total. The van der Waals surface area contributed by atoms with Gasteiger partial charge in [0.05, 0.1) is 0 Å². The van der Waals surface area contributed by atoms with Gasteiger partial charge < -0.3 is 0 Å². The summed E-state index contributed by atoms with van der Waals surface area (Å²) in [7, 11) is 0. The van der Waals surface area contributed by atoms with Crippen molar-refractivity contribution < 1.29 is 4.79 Å². The van der Waals surface area contributed by atoms with Crippen molar-refractivity contribution in [1.82, 2.24) is 0 Å². The van der Waals surface area contributed by atoms with Crippen molar-refractivity contribution in [3.63, 3.8) is 0 Å². The number of carbonyl (C=O) groups is 1. The molecule has 0 aromatic heterocycles. The van der Waals surface area contributed by atoms with Crippen LogP contribution in [-0.2, 0) is 11.2 Å². The number of hydrogen-bond donors (Lipinski definition) is 0. The Bertz CT molecular complexity index is 322. The van der Waals surface area contributed by atoms with Gasteiger partial charge in [0.2, 0.25) is 0 Å². The molecule has 0 bridgehead atoms. The minimum absolute atomic E-state index is 0.177. The van der Waals surface area contributed by atoms with Crippen LogP contribution in [0.25, 0.3) is 0 Å². The molecular formula is C13H16O. The maximum atomic E-state index is 11.3. The summed E-state index contributed by atoms with van der Waals surface area (Å²) in [5.41, 5.74) is 2.11. The molecular weight excluding hydrogens is 172 g/mol. The van der Waals surface area contributed by atoms with Crippen LogP contribution < -0.4 is 0 Å². The number of hydrogen-bond acceptors (Lipinski definition) is 1. The summed E-state index contributed by atoms with van der Waals surface area (Å²) in [6, 6.07) is 10.1. The quantitative estimate of drug-likeness (QED) is 0.663. The van der Waals surface area contributed by atoms with Gasteiger partial charge in [0.1, 0.15) is 0 Å². The highest BCUT2D eigenvalue weighted by Crippen LogP contribution is 2.09. The van der Waals surface area contributed by atoms with Crippen molar-refractivity contribution in [2.75, 3.05) is 0 Å². The van der Waals surface area contributed by atoms with E-state index in [4.69, 9.17) is 0 Å². The SMILES string of the molecule is CCC=C(Cc1ccccc1)C(C)=O. The van der Waals surface area contributed by atoms with Gasteiger partial charge in [0, 0.05) is 6.42 Å². The zero-order valence-corrected chi connectivity index (χ0v) is 8.79. The van der Waals surface area contributed by atoms with Gasteiger partial charge in [-0.25, -0.2) is 0 Å². The van der Waals surface area contributed by atoms with Crippen LogP contribution in [-0.4, -0.2) is 5.78 Å². The molecule has 0 heterocycles. The fraction of sp³-hybridized carbons (Fsp3) is 0.308. The van der Waals surface area contributed by atoms with Gasteiger partial charge in [-0.05, 0) is 24.5 Å². The first-order chi connectivity index (χ1) is 6.74. The average Bonchev–Trinajstić information content (AvgIpc) is 2.18. The Balaban J connectivity index is 2.76.